The average molecular weight is 587 g/mol. The molecule has 1 fully saturated rings. The monoisotopic (exact) mass is 586 g/mol. The van der Waals surface area contributed by atoms with Gasteiger partial charge in [-0.2, -0.15) is 0 Å². The Kier molecular flexibility index (Phi) is 10.1. The van der Waals surface area contributed by atoms with E-state index in [9.17, 15) is 29.1 Å². The third-order valence-corrected chi connectivity index (χ3v) is 7.38. The number of hydrogen-bond acceptors (Lipinski definition) is 5. The predicted molar refractivity (Wildman–Crippen MR) is 160 cm³/mol. The molecule has 0 aliphatic carbocycles. The van der Waals surface area contributed by atoms with Crippen LogP contribution in [0.25, 0.3) is 0 Å². The van der Waals surface area contributed by atoms with Crippen molar-refractivity contribution >= 4 is 41.2 Å². The zero-order valence-electron chi connectivity index (χ0n) is 23.7. The predicted octanol–water partition coefficient (Wildman–Crippen LogP) is 3.86. The number of carbonyl (C=O) groups is 5. The van der Waals surface area contributed by atoms with E-state index in [0.717, 1.165) is 11.1 Å². The van der Waals surface area contributed by atoms with Crippen molar-refractivity contribution < 1.29 is 34.2 Å². The molecule has 3 unspecified atom stereocenters. The van der Waals surface area contributed by atoms with Gasteiger partial charge in [0.1, 0.15) is 12.1 Å². The number of carbonyl (C=O) groups excluding carboxylic acids is 3. The number of aryl methyl sites for hydroxylation is 1. The molecule has 0 aromatic heterocycles. The first kappa shape index (κ1) is 30.8. The molecule has 0 radical (unpaired) electrons. The molecule has 4 rings (SSSR count). The van der Waals surface area contributed by atoms with Gasteiger partial charge < -0.3 is 31.1 Å². The number of anilines is 2. The minimum Gasteiger partial charge on any atom is -0.481 e. The fourth-order valence-corrected chi connectivity index (χ4v) is 5.12. The van der Waals surface area contributed by atoms with Crippen LogP contribution in [0.2, 0.25) is 0 Å². The molecular weight excluding hydrogens is 552 g/mol. The molecule has 224 valence electrons. The molecule has 3 aromatic carbocycles. The average Bonchev–Trinajstić information content (AvgIpc) is 3.43. The van der Waals surface area contributed by atoms with Gasteiger partial charge in [-0.25, -0.2) is 9.59 Å². The minimum atomic E-state index is -1.21. The third-order valence-electron chi connectivity index (χ3n) is 7.38. The second-order valence-corrected chi connectivity index (χ2v) is 10.5. The summed E-state index contributed by atoms with van der Waals surface area (Å²) in [4.78, 5) is 62.3. The summed E-state index contributed by atoms with van der Waals surface area (Å²) >= 11 is 0. The first-order valence-corrected chi connectivity index (χ1v) is 13.9. The first-order valence-electron chi connectivity index (χ1n) is 13.9. The van der Waals surface area contributed by atoms with Crippen LogP contribution < -0.4 is 16.0 Å². The molecule has 11 nitrogen and oxygen atoms in total. The Bertz CT molecular complexity index is 1460. The highest BCUT2D eigenvalue weighted by Gasteiger charge is 2.40. The maximum absolute atomic E-state index is 13.3. The van der Waals surface area contributed by atoms with Gasteiger partial charge in [0, 0.05) is 43.6 Å². The lowest BCUT2D eigenvalue weighted by Gasteiger charge is -2.24. The quantitative estimate of drug-likeness (QED) is 0.228. The van der Waals surface area contributed by atoms with E-state index in [1.807, 2.05) is 30.3 Å². The summed E-state index contributed by atoms with van der Waals surface area (Å²) in [6.07, 6.45) is 0.705. The molecule has 43 heavy (non-hydrogen) atoms. The van der Waals surface area contributed by atoms with Crippen LogP contribution in [-0.4, -0.2) is 63.5 Å². The molecular formula is C32H34N4O7. The number of urea groups is 1. The van der Waals surface area contributed by atoms with Gasteiger partial charge in [0.25, 0.3) is 0 Å². The molecule has 3 aromatic rings. The van der Waals surface area contributed by atoms with Crippen molar-refractivity contribution in [3.05, 3.63) is 95.6 Å². The summed E-state index contributed by atoms with van der Waals surface area (Å²) in [6.45, 7) is 1.67. The number of benzene rings is 3. The number of amides is 4. The summed E-state index contributed by atoms with van der Waals surface area (Å²) in [5, 5.41) is 26.8. The lowest BCUT2D eigenvalue weighted by Crippen LogP contribution is -2.51. The highest BCUT2D eigenvalue weighted by atomic mass is 16.4. The van der Waals surface area contributed by atoms with Crippen LogP contribution >= 0.6 is 0 Å². The van der Waals surface area contributed by atoms with E-state index in [2.05, 4.69) is 16.0 Å². The summed E-state index contributed by atoms with van der Waals surface area (Å²) in [5.41, 5.74) is 3.61. The van der Waals surface area contributed by atoms with Crippen LogP contribution in [-0.2, 0) is 32.0 Å². The van der Waals surface area contributed by atoms with Crippen molar-refractivity contribution in [2.45, 2.75) is 50.6 Å². The Hall–Kier alpha value is -5.19. The van der Waals surface area contributed by atoms with E-state index in [1.165, 1.54) is 11.8 Å². The van der Waals surface area contributed by atoms with Crippen molar-refractivity contribution in [3.8, 4) is 0 Å². The van der Waals surface area contributed by atoms with Crippen LogP contribution in [0.4, 0.5) is 16.2 Å². The summed E-state index contributed by atoms with van der Waals surface area (Å²) in [7, 11) is 0. The Labute approximate surface area is 248 Å². The minimum absolute atomic E-state index is 0.00483. The zero-order valence-corrected chi connectivity index (χ0v) is 23.7. The molecule has 1 saturated heterocycles. The molecule has 0 spiro atoms. The van der Waals surface area contributed by atoms with Crippen LogP contribution in [0.1, 0.15) is 42.4 Å². The number of carboxylic acids is 2. The van der Waals surface area contributed by atoms with Gasteiger partial charge in [-0.3, -0.25) is 14.4 Å². The summed E-state index contributed by atoms with van der Waals surface area (Å²) < 4.78 is 0. The number of rotatable bonds is 11. The number of carboxylic acid groups (broad SMARTS) is 2. The van der Waals surface area contributed by atoms with Gasteiger partial charge in [0.2, 0.25) is 11.8 Å². The fourth-order valence-electron chi connectivity index (χ4n) is 5.12. The lowest BCUT2D eigenvalue weighted by atomic mass is 9.95. The molecule has 4 amide bonds. The van der Waals surface area contributed by atoms with Crippen LogP contribution in [0.3, 0.4) is 0 Å². The van der Waals surface area contributed by atoms with Gasteiger partial charge in [-0.15, -0.1) is 0 Å². The maximum Gasteiger partial charge on any atom is 0.326 e. The molecule has 1 aliphatic rings. The molecule has 0 bridgehead atoms. The van der Waals surface area contributed by atoms with Gasteiger partial charge in [0.05, 0.1) is 0 Å². The molecule has 1 aliphatic heterocycles. The first-order chi connectivity index (χ1) is 20.6. The normalized spacial score (nSPS) is 16.6. The van der Waals surface area contributed by atoms with Crippen molar-refractivity contribution in [2.75, 3.05) is 17.2 Å². The second-order valence-electron chi connectivity index (χ2n) is 10.5. The third kappa shape index (κ3) is 8.65. The molecule has 11 heteroatoms. The van der Waals surface area contributed by atoms with Crippen molar-refractivity contribution in [2.24, 2.45) is 0 Å². The van der Waals surface area contributed by atoms with E-state index >= 15 is 0 Å². The smallest absolute Gasteiger partial charge is 0.326 e. The van der Waals surface area contributed by atoms with Crippen LogP contribution in [0.15, 0.2) is 78.9 Å². The largest absolute Gasteiger partial charge is 0.481 e. The molecule has 1 heterocycles. The van der Waals surface area contributed by atoms with E-state index in [0.29, 0.717) is 36.3 Å². The number of nitrogens with zero attached hydrogens (tertiary/aromatic N) is 1. The molecule has 0 saturated carbocycles. The van der Waals surface area contributed by atoms with E-state index < -0.39 is 29.9 Å². The highest BCUT2D eigenvalue weighted by molar-refractivity contribution is 5.99. The van der Waals surface area contributed by atoms with Crippen molar-refractivity contribution in [1.29, 1.82) is 0 Å². The van der Waals surface area contributed by atoms with Gasteiger partial charge >= 0.3 is 18.0 Å². The second kappa shape index (κ2) is 14.1. The number of likely N-dealkylation sites (tertiary alicyclic amines) is 1. The number of hydrogen-bond donors (Lipinski definition) is 5. The van der Waals surface area contributed by atoms with Gasteiger partial charge in [-0.05, 0) is 53.8 Å². The Balaban J connectivity index is 1.37. The number of para-hydroxylation sites is 1. The van der Waals surface area contributed by atoms with Crippen LogP contribution in [0.5, 0.6) is 0 Å². The topological polar surface area (TPSA) is 165 Å². The Morgan fingerprint density at radius 2 is 1.44 bits per heavy atom. The van der Waals surface area contributed by atoms with Crippen molar-refractivity contribution in [1.82, 2.24) is 10.2 Å². The van der Waals surface area contributed by atoms with Gasteiger partial charge in [0.15, 0.2) is 0 Å². The maximum atomic E-state index is 13.3. The highest BCUT2D eigenvalue weighted by Crippen LogP contribution is 2.33. The molecule has 5 N–H and O–H groups in total. The SMILES string of the molecule is CC(=O)N1CC(c2ccc(NC(=O)Nc3ccccc3)cc2)CC1C(=O)NC(Cc1ccc(CCC(=O)O)cc1)C(=O)O. The lowest BCUT2D eigenvalue weighted by molar-refractivity contribution is -0.143. The number of aliphatic carboxylic acids is 2. The summed E-state index contributed by atoms with van der Waals surface area (Å²) in [6, 6.07) is 20.7. The standard InChI is InChI=1S/C32H34N4O7/c1-20(37)36-19-24(23-12-14-26(15-13-23)34-32(43)33-25-5-3-2-4-6-25)18-28(36)30(40)35-27(31(41)42)17-22-9-7-21(8-10-22)11-16-29(38)39/h2-10,12-15,24,27-28H,11,16-19H2,1H3,(H,35,40)(H,38,39)(H,41,42)(H2,33,34,43). The Morgan fingerprint density at radius 1 is 0.837 bits per heavy atom. The molecule has 3 atom stereocenters. The van der Waals surface area contributed by atoms with E-state index in [-0.39, 0.29) is 30.7 Å². The van der Waals surface area contributed by atoms with Crippen molar-refractivity contribution in [3.63, 3.8) is 0 Å². The zero-order chi connectivity index (χ0) is 30.9. The van der Waals surface area contributed by atoms with E-state index in [1.54, 1.807) is 48.5 Å². The van der Waals surface area contributed by atoms with Gasteiger partial charge in [-0.1, -0.05) is 54.6 Å². The number of nitrogens with one attached hydrogen (secondary N) is 3. The van der Waals surface area contributed by atoms with Crippen LogP contribution in [0, 0.1) is 0 Å². The Morgan fingerprint density at radius 3 is 2.02 bits per heavy atom. The summed E-state index contributed by atoms with van der Waals surface area (Å²) in [5.74, 6) is -3.09. The van der Waals surface area contributed by atoms with E-state index in [4.69, 9.17) is 5.11 Å². The fraction of sp³-hybridized carbons (Fsp3) is 0.281.